The lowest BCUT2D eigenvalue weighted by atomic mass is 10.1. The molecule has 0 bridgehead atoms. The Balaban J connectivity index is 2.51. The van der Waals surface area contributed by atoms with E-state index in [1.54, 1.807) is 6.07 Å². The number of hydrogen-bond acceptors (Lipinski definition) is 2. The van der Waals surface area contributed by atoms with Gasteiger partial charge in [0, 0.05) is 11.3 Å². The Morgan fingerprint density at radius 2 is 1.94 bits per heavy atom. The molecule has 2 aromatic rings. The van der Waals surface area contributed by atoms with Gasteiger partial charge < -0.3 is 5.73 Å². The van der Waals surface area contributed by atoms with Crippen LogP contribution in [0.15, 0.2) is 24.3 Å². The van der Waals surface area contributed by atoms with Gasteiger partial charge in [0.25, 0.3) is 0 Å². The van der Waals surface area contributed by atoms with Crippen molar-refractivity contribution >= 4 is 5.91 Å². The third kappa shape index (κ3) is 2.06. The van der Waals surface area contributed by atoms with E-state index in [0.717, 1.165) is 22.6 Å². The normalized spacial score (nSPS) is 10.5. The van der Waals surface area contributed by atoms with Gasteiger partial charge in [0.1, 0.15) is 0 Å². The van der Waals surface area contributed by atoms with Crippen molar-refractivity contribution < 1.29 is 4.79 Å². The number of aromatic nitrogens is 2. The molecule has 1 amide bonds. The molecule has 0 saturated heterocycles. The van der Waals surface area contributed by atoms with Gasteiger partial charge in [-0.15, -0.1) is 0 Å². The second-order valence-corrected chi connectivity index (χ2v) is 4.20. The topological polar surface area (TPSA) is 60.9 Å². The molecule has 2 N–H and O–H groups in total. The number of carbonyl (C=O) groups excluding carboxylic acids is 1. The van der Waals surface area contributed by atoms with Crippen molar-refractivity contribution in [1.82, 2.24) is 9.78 Å². The van der Waals surface area contributed by atoms with Gasteiger partial charge in [-0.05, 0) is 50.6 Å². The Kier molecular flexibility index (Phi) is 2.71. The predicted octanol–water partition coefficient (Wildman–Crippen LogP) is 1.90. The zero-order valence-electron chi connectivity index (χ0n) is 10.2. The zero-order valence-corrected chi connectivity index (χ0v) is 10.2. The molecular weight excluding hydrogens is 214 g/mol. The summed E-state index contributed by atoms with van der Waals surface area (Å²) in [5.41, 5.74) is 9.67. The summed E-state index contributed by atoms with van der Waals surface area (Å²) in [5.74, 6) is -0.401. The van der Waals surface area contributed by atoms with Crippen molar-refractivity contribution in [2.45, 2.75) is 20.8 Å². The Morgan fingerprint density at radius 3 is 2.41 bits per heavy atom. The number of carbonyl (C=O) groups is 1. The zero-order chi connectivity index (χ0) is 12.6. The van der Waals surface area contributed by atoms with E-state index in [2.05, 4.69) is 5.10 Å². The Bertz CT molecular complexity index is 584. The van der Waals surface area contributed by atoms with E-state index in [1.165, 1.54) is 0 Å². The maximum Gasteiger partial charge on any atom is 0.248 e. The minimum absolute atomic E-state index is 0.401. The molecule has 88 valence electrons. The first-order chi connectivity index (χ1) is 7.99. The molecule has 1 aromatic carbocycles. The van der Waals surface area contributed by atoms with Crippen molar-refractivity contribution in [3.05, 3.63) is 46.8 Å². The van der Waals surface area contributed by atoms with Crippen molar-refractivity contribution in [3.8, 4) is 5.69 Å². The van der Waals surface area contributed by atoms with Crippen LogP contribution in [0.25, 0.3) is 5.69 Å². The minimum atomic E-state index is -0.401. The molecule has 17 heavy (non-hydrogen) atoms. The summed E-state index contributed by atoms with van der Waals surface area (Å²) in [5, 5.41) is 4.40. The SMILES string of the molecule is Cc1cc(C)n(-c2ccc(C(N)=O)c(C)c2)n1. The summed E-state index contributed by atoms with van der Waals surface area (Å²) in [7, 11) is 0. The van der Waals surface area contributed by atoms with E-state index in [1.807, 2.05) is 43.7 Å². The average Bonchev–Trinajstić information content (AvgIpc) is 2.57. The summed E-state index contributed by atoms with van der Waals surface area (Å²) in [6, 6.07) is 7.52. The van der Waals surface area contributed by atoms with Crippen LogP contribution in [0.3, 0.4) is 0 Å². The van der Waals surface area contributed by atoms with E-state index in [0.29, 0.717) is 5.56 Å². The van der Waals surface area contributed by atoms with Crippen LogP contribution >= 0.6 is 0 Å². The van der Waals surface area contributed by atoms with E-state index in [9.17, 15) is 4.79 Å². The number of amides is 1. The highest BCUT2D eigenvalue weighted by molar-refractivity contribution is 5.94. The maximum atomic E-state index is 11.1. The summed E-state index contributed by atoms with van der Waals surface area (Å²) < 4.78 is 1.85. The second-order valence-electron chi connectivity index (χ2n) is 4.20. The molecule has 0 radical (unpaired) electrons. The van der Waals surface area contributed by atoms with E-state index < -0.39 is 5.91 Å². The number of primary amides is 1. The summed E-state index contributed by atoms with van der Waals surface area (Å²) in [6.07, 6.45) is 0. The lowest BCUT2D eigenvalue weighted by Crippen LogP contribution is -2.13. The van der Waals surface area contributed by atoms with Gasteiger partial charge in [-0.2, -0.15) is 5.10 Å². The van der Waals surface area contributed by atoms with Crippen LogP contribution in [0.5, 0.6) is 0 Å². The van der Waals surface area contributed by atoms with Crippen molar-refractivity contribution in [2.75, 3.05) is 0 Å². The van der Waals surface area contributed by atoms with Crippen LogP contribution in [0, 0.1) is 20.8 Å². The molecule has 1 heterocycles. The van der Waals surface area contributed by atoms with Crippen LogP contribution in [0.1, 0.15) is 27.3 Å². The molecule has 1 aromatic heterocycles. The van der Waals surface area contributed by atoms with Gasteiger partial charge in [0.05, 0.1) is 11.4 Å². The molecule has 0 unspecified atom stereocenters. The quantitative estimate of drug-likeness (QED) is 0.854. The highest BCUT2D eigenvalue weighted by Crippen LogP contribution is 2.16. The molecular formula is C13H15N3O. The molecule has 4 heteroatoms. The number of hydrogen-bond donors (Lipinski definition) is 1. The van der Waals surface area contributed by atoms with Crippen molar-refractivity contribution in [1.29, 1.82) is 0 Å². The molecule has 0 aliphatic carbocycles. The van der Waals surface area contributed by atoms with Crippen LogP contribution < -0.4 is 5.73 Å². The van der Waals surface area contributed by atoms with E-state index >= 15 is 0 Å². The van der Waals surface area contributed by atoms with Crippen LogP contribution in [0.4, 0.5) is 0 Å². The van der Waals surface area contributed by atoms with Gasteiger partial charge in [-0.25, -0.2) is 4.68 Å². The largest absolute Gasteiger partial charge is 0.366 e. The molecule has 4 nitrogen and oxygen atoms in total. The predicted molar refractivity (Wildman–Crippen MR) is 66.3 cm³/mol. The van der Waals surface area contributed by atoms with Gasteiger partial charge in [-0.3, -0.25) is 4.79 Å². The highest BCUT2D eigenvalue weighted by atomic mass is 16.1. The maximum absolute atomic E-state index is 11.1. The van der Waals surface area contributed by atoms with Crippen molar-refractivity contribution in [2.24, 2.45) is 5.73 Å². The fraction of sp³-hybridized carbons (Fsp3) is 0.231. The monoisotopic (exact) mass is 229 g/mol. The van der Waals surface area contributed by atoms with Crippen molar-refractivity contribution in [3.63, 3.8) is 0 Å². The lowest BCUT2D eigenvalue weighted by Gasteiger charge is -2.07. The lowest BCUT2D eigenvalue weighted by molar-refractivity contribution is 0.0999. The Labute approximate surface area is 100 Å². The van der Waals surface area contributed by atoms with E-state index in [-0.39, 0.29) is 0 Å². The minimum Gasteiger partial charge on any atom is -0.366 e. The molecule has 0 atom stereocenters. The molecule has 2 rings (SSSR count). The highest BCUT2D eigenvalue weighted by Gasteiger charge is 2.08. The fourth-order valence-corrected chi connectivity index (χ4v) is 1.95. The molecule has 0 spiro atoms. The third-order valence-electron chi connectivity index (χ3n) is 2.73. The summed E-state index contributed by atoms with van der Waals surface area (Å²) in [4.78, 5) is 11.1. The standard InChI is InChI=1S/C13H15N3O/c1-8-6-11(4-5-12(8)13(14)17)16-10(3)7-9(2)15-16/h4-7H,1-3H3,(H2,14,17). The first-order valence-electron chi connectivity index (χ1n) is 5.43. The van der Waals surface area contributed by atoms with E-state index in [4.69, 9.17) is 5.73 Å². The molecule has 0 aliphatic rings. The van der Waals surface area contributed by atoms with Crippen LogP contribution in [-0.2, 0) is 0 Å². The van der Waals surface area contributed by atoms with Gasteiger partial charge in [0.2, 0.25) is 5.91 Å². The smallest absolute Gasteiger partial charge is 0.248 e. The second kappa shape index (κ2) is 4.05. The first kappa shape index (κ1) is 11.4. The van der Waals surface area contributed by atoms with Gasteiger partial charge >= 0.3 is 0 Å². The third-order valence-corrected chi connectivity index (χ3v) is 2.73. The Hall–Kier alpha value is -2.10. The number of rotatable bonds is 2. The summed E-state index contributed by atoms with van der Waals surface area (Å²) >= 11 is 0. The van der Waals surface area contributed by atoms with Gasteiger partial charge in [-0.1, -0.05) is 0 Å². The first-order valence-corrected chi connectivity index (χ1v) is 5.43. The average molecular weight is 229 g/mol. The molecule has 0 aliphatic heterocycles. The van der Waals surface area contributed by atoms with Crippen LogP contribution in [0.2, 0.25) is 0 Å². The van der Waals surface area contributed by atoms with Gasteiger partial charge in [0.15, 0.2) is 0 Å². The molecule has 0 fully saturated rings. The number of aryl methyl sites for hydroxylation is 3. The fourth-order valence-electron chi connectivity index (χ4n) is 1.95. The molecule has 0 saturated carbocycles. The number of nitrogens with two attached hydrogens (primary N) is 1. The number of nitrogens with zero attached hydrogens (tertiary/aromatic N) is 2. The van der Waals surface area contributed by atoms with Crippen LogP contribution in [-0.4, -0.2) is 15.7 Å². The summed E-state index contributed by atoms with van der Waals surface area (Å²) in [6.45, 7) is 5.82. The number of benzene rings is 1. The Morgan fingerprint density at radius 1 is 1.24 bits per heavy atom.